The van der Waals surface area contributed by atoms with Crippen LogP contribution in [0.4, 0.5) is 0 Å². The normalized spacial score (nSPS) is 18.3. The summed E-state index contributed by atoms with van der Waals surface area (Å²) >= 11 is 0. The van der Waals surface area contributed by atoms with Crippen LogP contribution >= 0.6 is 0 Å². The van der Waals surface area contributed by atoms with E-state index in [1.54, 1.807) is 0 Å². The van der Waals surface area contributed by atoms with Gasteiger partial charge in [-0.05, 0) is 44.5 Å². The number of nitrogens with zero attached hydrogens (tertiary/aromatic N) is 4. The molecule has 136 valence electrons. The van der Waals surface area contributed by atoms with Crippen molar-refractivity contribution in [2.45, 2.75) is 32.2 Å². The molecule has 0 N–H and O–H groups in total. The van der Waals surface area contributed by atoms with Gasteiger partial charge in [0.25, 0.3) is 0 Å². The Bertz CT molecular complexity index is 889. The van der Waals surface area contributed by atoms with Gasteiger partial charge in [-0.15, -0.1) is 0 Å². The molecule has 1 fully saturated rings. The maximum atomic E-state index is 5.80. The van der Waals surface area contributed by atoms with Crippen LogP contribution in [0, 0.1) is 0 Å². The summed E-state index contributed by atoms with van der Waals surface area (Å²) in [5.41, 5.74) is 3.43. The van der Waals surface area contributed by atoms with Gasteiger partial charge in [0, 0.05) is 43.2 Å². The van der Waals surface area contributed by atoms with E-state index in [9.17, 15) is 0 Å². The molecule has 2 aromatic heterocycles. The Morgan fingerprint density at radius 1 is 1.19 bits per heavy atom. The third kappa shape index (κ3) is 3.31. The van der Waals surface area contributed by atoms with Crippen LogP contribution in [0.25, 0.3) is 11.0 Å². The van der Waals surface area contributed by atoms with E-state index < -0.39 is 0 Å². The summed E-state index contributed by atoms with van der Waals surface area (Å²) in [5.74, 6) is 1.46. The molecule has 1 atom stereocenters. The first-order chi connectivity index (χ1) is 12.8. The van der Waals surface area contributed by atoms with Gasteiger partial charge in [0.15, 0.2) is 5.65 Å². The third-order valence-corrected chi connectivity index (χ3v) is 5.19. The fraction of sp³-hybridized carbons (Fsp3) is 0.429. The fourth-order valence-electron chi connectivity index (χ4n) is 4.01. The number of likely N-dealkylation sites (tertiary alicyclic amines) is 1. The Labute approximate surface area is 154 Å². The van der Waals surface area contributed by atoms with Crippen molar-refractivity contribution in [2.24, 2.45) is 7.05 Å². The third-order valence-electron chi connectivity index (χ3n) is 5.19. The maximum absolute atomic E-state index is 5.80. The number of piperidine rings is 1. The zero-order valence-electron chi connectivity index (χ0n) is 15.6. The second-order valence-electron chi connectivity index (χ2n) is 7.00. The Balaban J connectivity index is 1.55. The van der Waals surface area contributed by atoms with Gasteiger partial charge in [0.1, 0.15) is 5.75 Å². The number of pyridine rings is 1. The first kappa shape index (κ1) is 17.0. The quantitative estimate of drug-likeness (QED) is 0.703. The van der Waals surface area contributed by atoms with Crippen LogP contribution < -0.4 is 4.74 Å². The molecule has 4 rings (SSSR count). The van der Waals surface area contributed by atoms with E-state index in [1.165, 1.54) is 29.5 Å². The molecule has 0 radical (unpaired) electrons. The topological polar surface area (TPSA) is 43.2 Å². The van der Waals surface area contributed by atoms with Crippen molar-refractivity contribution in [1.82, 2.24) is 19.7 Å². The largest absolute Gasteiger partial charge is 0.494 e. The summed E-state index contributed by atoms with van der Waals surface area (Å²) in [6.45, 7) is 5.82. The van der Waals surface area contributed by atoms with Crippen LogP contribution in [0.1, 0.15) is 36.9 Å². The molecular weight excluding hydrogens is 324 g/mol. The van der Waals surface area contributed by atoms with Crippen LogP contribution in [-0.4, -0.2) is 39.4 Å². The fourth-order valence-corrected chi connectivity index (χ4v) is 4.01. The van der Waals surface area contributed by atoms with E-state index in [2.05, 4.69) is 34.1 Å². The number of hydrogen-bond acceptors (Lipinski definition) is 4. The van der Waals surface area contributed by atoms with Crippen LogP contribution in [0.15, 0.2) is 42.6 Å². The highest BCUT2D eigenvalue weighted by Crippen LogP contribution is 2.32. The average Bonchev–Trinajstić information content (AvgIpc) is 3.01. The maximum Gasteiger partial charge on any atom is 0.157 e. The Hall–Kier alpha value is -2.40. The molecule has 0 amide bonds. The van der Waals surface area contributed by atoms with Gasteiger partial charge in [0.05, 0.1) is 12.3 Å². The van der Waals surface area contributed by atoms with Crippen molar-refractivity contribution < 1.29 is 4.74 Å². The zero-order chi connectivity index (χ0) is 17.9. The van der Waals surface area contributed by atoms with Crippen LogP contribution in [0.3, 0.4) is 0 Å². The highest BCUT2D eigenvalue weighted by atomic mass is 16.5. The van der Waals surface area contributed by atoms with Gasteiger partial charge in [-0.25, -0.2) is 4.98 Å². The number of rotatable bonds is 5. The number of aryl methyl sites for hydroxylation is 1. The molecule has 1 aliphatic heterocycles. The lowest BCUT2D eigenvalue weighted by molar-refractivity contribution is 0.195. The number of benzene rings is 1. The Morgan fingerprint density at radius 3 is 2.96 bits per heavy atom. The molecule has 0 bridgehead atoms. The summed E-state index contributed by atoms with van der Waals surface area (Å²) < 4.78 is 7.71. The highest BCUT2D eigenvalue weighted by Gasteiger charge is 2.26. The Morgan fingerprint density at radius 2 is 2.08 bits per heavy atom. The molecule has 0 unspecified atom stereocenters. The molecule has 0 saturated carbocycles. The lowest BCUT2D eigenvalue weighted by Crippen LogP contribution is -2.34. The minimum absolute atomic E-state index is 0.455. The predicted octanol–water partition coefficient (Wildman–Crippen LogP) is 3.75. The number of aromatic nitrogens is 3. The van der Waals surface area contributed by atoms with Crippen molar-refractivity contribution in [3.05, 3.63) is 53.9 Å². The number of fused-ring (bicyclic) bond motifs is 1. The molecular formula is C21H26N4O. The lowest BCUT2D eigenvalue weighted by Gasteiger charge is -2.32. The van der Waals surface area contributed by atoms with Gasteiger partial charge < -0.3 is 4.74 Å². The summed E-state index contributed by atoms with van der Waals surface area (Å²) in [6, 6.07) is 12.5. The van der Waals surface area contributed by atoms with E-state index in [4.69, 9.17) is 9.84 Å². The molecule has 0 aliphatic carbocycles. The first-order valence-corrected chi connectivity index (χ1v) is 9.47. The van der Waals surface area contributed by atoms with Crippen molar-refractivity contribution >= 4 is 11.0 Å². The summed E-state index contributed by atoms with van der Waals surface area (Å²) in [7, 11) is 1.98. The zero-order valence-corrected chi connectivity index (χ0v) is 15.6. The van der Waals surface area contributed by atoms with Gasteiger partial charge in [0.2, 0.25) is 0 Å². The second-order valence-corrected chi connectivity index (χ2v) is 7.00. The van der Waals surface area contributed by atoms with Crippen LogP contribution in [-0.2, 0) is 13.6 Å². The average molecular weight is 350 g/mol. The molecule has 3 aromatic rings. The van der Waals surface area contributed by atoms with Crippen LogP contribution in [0.5, 0.6) is 5.75 Å². The van der Waals surface area contributed by atoms with Crippen molar-refractivity contribution in [2.75, 3.05) is 19.7 Å². The minimum atomic E-state index is 0.455. The standard InChI is InChI=1S/C21H26N4O/c1-3-26-19-11-5-4-8-16(19)14-25-13-7-9-17(15-25)20-18-10-6-12-22-21(18)24(2)23-20/h4-6,8,10-12,17H,3,7,9,13-15H2,1-2H3/t17-/m1/s1. The summed E-state index contributed by atoms with van der Waals surface area (Å²) in [4.78, 5) is 7.02. The molecule has 0 spiro atoms. The number of hydrogen-bond donors (Lipinski definition) is 0. The van der Waals surface area contributed by atoms with Crippen molar-refractivity contribution in [3.63, 3.8) is 0 Å². The molecule has 1 aromatic carbocycles. The van der Waals surface area contributed by atoms with Crippen molar-refractivity contribution in [3.8, 4) is 5.75 Å². The molecule has 26 heavy (non-hydrogen) atoms. The second kappa shape index (κ2) is 7.46. The van der Waals surface area contributed by atoms with Crippen molar-refractivity contribution in [1.29, 1.82) is 0 Å². The van der Waals surface area contributed by atoms with E-state index in [0.29, 0.717) is 12.5 Å². The highest BCUT2D eigenvalue weighted by molar-refractivity contribution is 5.78. The molecule has 1 saturated heterocycles. The van der Waals surface area contributed by atoms with Gasteiger partial charge in [-0.1, -0.05) is 18.2 Å². The summed E-state index contributed by atoms with van der Waals surface area (Å²) in [5, 5.41) is 6.00. The predicted molar refractivity (Wildman–Crippen MR) is 103 cm³/mol. The number of ether oxygens (including phenoxy) is 1. The van der Waals surface area contributed by atoms with Gasteiger partial charge >= 0.3 is 0 Å². The van der Waals surface area contributed by atoms with Crippen LogP contribution in [0.2, 0.25) is 0 Å². The molecule has 3 heterocycles. The van der Waals surface area contributed by atoms with E-state index in [0.717, 1.165) is 31.0 Å². The monoisotopic (exact) mass is 350 g/mol. The summed E-state index contributed by atoms with van der Waals surface area (Å²) in [6.07, 6.45) is 4.22. The lowest BCUT2D eigenvalue weighted by atomic mass is 9.93. The number of para-hydroxylation sites is 1. The Kier molecular flexibility index (Phi) is 4.89. The smallest absolute Gasteiger partial charge is 0.157 e. The van der Waals surface area contributed by atoms with Gasteiger partial charge in [-0.2, -0.15) is 5.10 Å². The van der Waals surface area contributed by atoms with E-state index >= 15 is 0 Å². The SMILES string of the molecule is CCOc1ccccc1CN1CCC[C@@H](c2nn(C)c3ncccc23)C1. The molecule has 5 heteroatoms. The van der Waals surface area contributed by atoms with Gasteiger partial charge in [-0.3, -0.25) is 9.58 Å². The minimum Gasteiger partial charge on any atom is -0.494 e. The molecule has 5 nitrogen and oxygen atoms in total. The van der Waals surface area contributed by atoms with E-state index in [-0.39, 0.29) is 0 Å². The molecule has 1 aliphatic rings. The first-order valence-electron chi connectivity index (χ1n) is 9.47. The van der Waals surface area contributed by atoms with E-state index in [1.807, 2.05) is 37.0 Å².